The first-order valence-corrected chi connectivity index (χ1v) is 11.5. The maximum Gasteiger partial charge on any atom is 0.326 e. The Balaban J connectivity index is 1.35. The van der Waals surface area contributed by atoms with Crippen molar-refractivity contribution in [3.8, 4) is 0 Å². The van der Waals surface area contributed by atoms with Crippen LogP contribution in [-0.2, 0) is 10.2 Å². The number of nitrogens with zero attached hydrogens (tertiary/aromatic N) is 7. The molecule has 1 saturated heterocycles. The van der Waals surface area contributed by atoms with Crippen LogP contribution in [0, 0.1) is 13.8 Å². The summed E-state index contributed by atoms with van der Waals surface area (Å²) < 4.78 is 30.4. The molecular weight excluding hydrogens is 418 g/mol. The largest absolute Gasteiger partial charge is 0.336 e. The monoisotopic (exact) mass is 441 g/mol. The van der Waals surface area contributed by atoms with Gasteiger partial charge < -0.3 is 4.90 Å². The smallest absolute Gasteiger partial charge is 0.326 e. The minimum absolute atomic E-state index is 0.110. The van der Waals surface area contributed by atoms with Crippen LogP contribution in [-0.4, -0.2) is 65.0 Å². The molecule has 2 aromatic heterocycles. The van der Waals surface area contributed by atoms with E-state index in [0.29, 0.717) is 43.1 Å². The lowest BCUT2D eigenvalue weighted by atomic mass is 10.0. The molecular formula is C20H23N7O3S. The number of piperidine rings is 1. The first-order chi connectivity index (χ1) is 14.8. The van der Waals surface area contributed by atoms with Crippen LogP contribution < -0.4 is 8.61 Å². The average molecular weight is 442 g/mol. The van der Waals surface area contributed by atoms with Crippen molar-refractivity contribution in [2.75, 3.05) is 28.7 Å². The van der Waals surface area contributed by atoms with E-state index in [1.54, 1.807) is 22.5 Å². The van der Waals surface area contributed by atoms with Crippen molar-refractivity contribution in [1.82, 2.24) is 24.5 Å². The van der Waals surface area contributed by atoms with Gasteiger partial charge in [0.25, 0.3) is 11.7 Å². The zero-order chi connectivity index (χ0) is 21.9. The highest BCUT2D eigenvalue weighted by atomic mass is 32.2. The van der Waals surface area contributed by atoms with E-state index >= 15 is 0 Å². The predicted octanol–water partition coefficient (Wildman–Crippen LogP) is 1.55. The molecule has 3 aromatic rings. The number of hydrogen-bond acceptors (Lipinski definition) is 6. The predicted molar refractivity (Wildman–Crippen MR) is 115 cm³/mol. The Labute approximate surface area is 180 Å². The van der Waals surface area contributed by atoms with Crippen LogP contribution in [0.3, 0.4) is 0 Å². The molecule has 2 aliphatic rings. The first-order valence-electron chi connectivity index (χ1n) is 10.1. The summed E-state index contributed by atoms with van der Waals surface area (Å²) in [6.07, 6.45) is 1.08. The van der Waals surface area contributed by atoms with Crippen molar-refractivity contribution in [3.63, 3.8) is 0 Å². The van der Waals surface area contributed by atoms with E-state index < -0.39 is 10.2 Å². The molecule has 0 unspecified atom stereocenters. The average Bonchev–Trinajstić information content (AvgIpc) is 3.25. The molecule has 0 bridgehead atoms. The van der Waals surface area contributed by atoms with Crippen LogP contribution in [0.2, 0.25) is 0 Å². The van der Waals surface area contributed by atoms with Gasteiger partial charge in [-0.15, -0.1) is 5.10 Å². The third-order valence-corrected chi connectivity index (χ3v) is 7.83. The molecule has 0 aliphatic carbocycles. The zero-order valence-electron chi connectivity index (χ0n) is 17.6. The summed E-state index contributed by atoms with van der Waals surface area (Å²) in [7, 11) is -2.04. The lowest BCUT2D eigenvalue weighted by Gasteiger charge is -2.36. The summed E-state index contributed by atoms with van der Waals surface area (Å²) in [6, 6.07) is 8.97. The number of anilines is 2. The molecule has 31 heavy (non-hydrogen) atoms. The number of likely N-dealkylation sites (tertiary alicyclic amines) is 1. The van der Waals surface area contributed by atoms with E-state index in [4.69, 9.17) is 0 Å². The molecule has 10 nitrogen and oxygen atoms in total. The maximum atomic E-state index is 13.0. The van der Waals surface area contributed by atoms with Crippen LogP contribution >= 0.6 is 0 Å². The molecule has 0 N–H and O–H groups in total. The van der Waals surface area contributed by atoms with Crippen LogP contribution in [0.1, 0.15) is 34.8 Å². The second-order valence-electron chi connectivity index (χ2n) is 7.97. The number of para-hydroxylation sites is 2. The molecule has 1 amide bonds. The Bertz CT molecular complexity index is 1300. The van der Waals surface area contributed by atoms with Crippen LogP contribution in [0.15, 0.2) is 30.3 Å². The maximum absolute atomic E-state index is 13.0. The topological polar surface area (TPSA) is 104 Å². The van der Waals surface area contributed by atoms with Crippen LogP contribution in [0.4, 0.5) is 11.4 Å². The molecule has 5 rings (SSSR count). The molecule has 0 spiro atoms. The highest BCUT2D eigenvalue weighted by Crippen LogP contribution is 2.42. The van der Waals surface area contributed by atoms with Crippen molar-refractivity contribution in [2.24, 2.45) is 0 Å². The standard InChI is InChI=1S/C20H23N7O3S/c1-13-12-14(2)26-20(21-13)22-18(23-26)19(28)25-10-8-15(9-11-25)27-17-7-5-4-6-16(17)24(3)31(27,29)30/h4-7,12,15H,8-11H2,1-3H3. The third-order valence-electron chi connectivity index (χ3n) is 5.95. The first kappa shape index (κ1) is 19.7. The second-order valence-corrected chi connectivity index (χ2v) is 9.81. The number of carbonyl (C=O) groups is 1. The van der Waals surface area contributed by atoms with Gasteiger partial charge in [0.15, 0.2) is 0 Å². The Kier molecular flexibility index (Phi) is 4.40. The van der Waals surface area contributed by atoms with Gasteiger partial charge >= 0.3 is 10.2 Å². The highest BCUT2D eigenvalue weighted by Gasteiger charge is 2.43. The molecule has 162 valence electrons. The van der Waals surface area contributed by atoms with Crippen molar-refractivity contribution >= 4 is 33.3 Å². The Morgan fingerprint density at radius 1 is 1.06 bits per heavy atom. The van der Waals surface area contributed by atoms with Gasteiger partial charge in [0.1, 0.15) is 0 Å². The van der Waals surface area contributed by atoms with Gasteiger partial charge in [-0.05, 0) is 44.9 Å². The Morgan fingerprint density at radius 3 is 2.45 bits per heavy atom. The SMILES string of the molecule is Cc1cc(C)n2nc(C(=O)N3CCC(N4c5ccccc5N(C)S4(=O)=O)CC3)nc2n1. The van der Waals surface area contributed by atoms with E-state index in [0.717, 1.165) is 11.4 Å². The summed E-state index contributed by atoms with van der Waals surface area (Å²) in [5, 5.41) is 4.33. The van der Waals surface area contributed by atoms with Crippen LogP contribution in [0.25, 0.3) is 5.78 Å². The van der Waals surface area contributed by atoms with Gasteiger partial charge in [0.2, 0.25) is 5.82 Å². The number of hydrogen-bond donors (Lipinski definition) is 0. The summed E-state index contributed by atoms with van der Waals surface area (Å²) in [5.74, 6) is 0.250. The third kappa shape index (κ3) is 3.02. The Morgan fingerprint density at radius 2 is 1.74 bits per heavy atom. The molecule has 2 aliphatic heterocycles. The number of aromatic nitrogens is 4. The molecule has 0 radical (unpaired) electrons. The number of benzene rings is 1. The summed E-state index contributed by atoms with van der Waals surface area (Å²) in [5.41, 5.74) is 3.03. The Hall–Kier alpha value is -3.21. The zero-order valence-corrected chi connectivity index (χ0v) is 18.4. The fraction of sp³-hybridized carbons (Fsp3) is 0.400. The van der Waals surface area contributed by atoms with E-state index in [9.17, 15) is 13.2 Å². The summed E-state index contributed by atoms with van der Waals surface area (Å²) in [4.78, 5) is 23.3. The van der Waals surface area contributed by atoms with Gasteiger partial charge in [0, 0.05) is 31.5 Å². The number of carbonyl (C=O) groups excluding carboxylic acids is 1. The van der Waals surface area contributed by atoms with E-state index in [2.05, 4.69) is 15.1 Å². The van der Waals surface area contributed by atoms with Gasteiger partial charge in [-0.3, -0.25) is 9.10 Å². The fourth-order valence-corrected chi connectivity index (χ4v) is 6.04. The number of fused-ring (bicyclic) bond motifs is 2. The summed E-state index contributed by atoms with van der Waals surface area (Å²) in [6.45, 7) is 4.63. The summed E-state index contributed by atoms with van der Waals surface area (Å²) >= 11 is 0. The van der Waals surface area contributed by atoms with E-state index in [-0.39, 0.29) is 17.8 Å². The number of aryl methyl sites for hydroxylation is 2. The normalized spacial score (nSPS) is 18.6. The number of rotatable bonds is 2. The molecule has 1 aromatic carbocycles. The molecule has 11 heteroatoms. The van der Waals surface area contributed by atoms with Crippen molar-refractivity contribution in [1.29, 1.82) is 0 Å². The molecule has 0 atom stereocenters. The highest BCUT2D eigenvalue weighted by molar-refractivity contribution is 7.94. The van der Waals surface area contributed by atoms with E-state index in [1.807, 2.05) is 38.1 Å². The van der Waals surface area contributed by atoms with Gasteiger partial charge in [-0.1, -0.05) is 12.1 Å². The fourth-order valence-electron chi connectivity index (χ4n) is 4.38. The lowest BCUT2D eigenvalue weighted by molar-refractivity contribution is 0.0703. The van der Waals surface area contributed by atoms with Gasteiger partial charge in [-0.2, -0.15) is 13.4 Å². The van der Waals surface area contributed by atoms with E-state index in [1.165, 1.54) is 8.61 Å². The van der Waals surface area contributed by atoms with Crippen molar-refractivity contribution in [3.05, 3.63) is 47.5 Å². The second kappa shape index (κ2) is 6.91. The molecule has 1 fully saturated rings. The van der Waals surface area contributed by atoms with Crippen molar-refractivity contribution < 1.29 is 13.2 Å². The number of amides is 1. The minimum atomic E-state index is -3.61. The van der Waals surface area contributed by atoms with Crippen molar-refractivity contribution in [2.45, 2.75) is 32.7 Å². The molecule has 4 heterocycles. The minimum Gasteiger partial charge on any atom is -0.336 e. The lowest BCUT2D eigenvalue weighted by Crippen LogP contribution is -2.49. The quantitative estimate of drug-likeness (QED) is 0.598. The van der Waals surface area contributed by atoms with Gasteiger partial charge in [-0.25, -0.2) is 13.8 Å². The van der Waals surface area contributed by atoms with Crippen LogP contribution in [0.5, 0.6) is 0 Å². The van der Waals surface area contributed by atoms with Gasteiger partial charge in [0.05, 0.1) is 17.4 Å². The molecule has 0 saturated carbocycles.